The Morgan fingerprint density at radius 3 is 3.07 bits per heavy atom. The Bertz CT molecular complexity index is 338. The van der Waals surface area contributed by atoms with Gasteiger partial charge in [0.05, 0.1) is 6.61 Å². The minimum absolute atomic E-state index is 0.404. The summed E-state index contributed by atoms with van der Waals surface area (Å²) >= 11 is 0. The molecule has 0 spiro atoms. The number of rotatable bonds is 2. The molecule has 1 unspecified atom stereocenters. The van der Waals surface area contributed by atoms with E-state index in [1.54, 1.807) is 6.33 Å². The minimum Gasteiger partial charge on any atom is -0.379 e. The van der Waals surface area contributed by atoms with Crippen LogP contribution in [0.25, 0.3) is 0 Å². The molecule has 76 valence electrons. The van der Waals surface area contributed by atoms with Gasteiger partial charge in [-0.15, -0.1) is 10.2 Å². The van der Waals surface area contributed by atoms with Crippen LogP contribution in [0.3, 0.4) is 0 Å². The summed E-state index contributed by atoms with van der Waals surface area (Å²) < 4.78 is 7.45. The van der Waals surface area contributed by atoms with Crippen LogP contribution < -0.4 is 5.73 Å². The normalized spacial score (nSPS) is 32.4. The van der Waals surface area contributed by atoms with Gasteiger partial charge >= 0.3 is 0 Å². The van der Waals surface area contributed by atoms with Crippen LogP contribution in [0.4, 0.5) is 0 Å². The lowest BCUT2D eigenvalue weighted by Gasteiger charge is -2.21. The Hall–Kier alpha value is -0.940. The van der Waals surface area contributed by atoms with Crippen molar-refractivity contribution in [1.82, 2.24) is 14.8 Å². The zero-order valence-corrected chi connectivity index (χ0v) is 8.02. The molecule has 14 heavy (non-hydrogen) atoms. The van der Waals surface area contributed by atoms with E-state index in [0.29, 0.717) is 12.6 Å². The van der Waals surface area contributed by atoms with E-state index in [2.05, 4.69) is 14.8 Å². The second-order valence-electron chi connectivity index (χ2n) is 4.25. The van der Waals surface area contributed by atoms with Gasteiger partial charge in [0.15, 0.2) is 5.82 Å². The van der Waals surface area contributed by atoms with E-state index in [0.717, 1.165) is 18.9 Å². The van der Waals surface area contributed by atoms with Crippen molar-refractivity contribution in [3.63, 3.8) is 0 Å². The minimum atomic E-state index is -0.404. The number of nitrogens with two attached hydrogens (primary N) is 1. The zero-order chi connectivity index (χ0) is 9.60. The van der Waals surface area contributed by atoms with E-state index in [9.17, 15) is 0 Å². The van der Waals surface area contributed by atoms with Crippen LogP contribution in [0.2, 0.25) is 0 Å². The Balaban J connectivity index is 1.97. The van der Waals surface area contributed by atoms with Gasteiger partial charge in [-0.2, -0.15) is 0 Å². The quantitative estimate of drug-likeness (QED) is 0.729. The third-order valence-corrected chi connectivity index (χ3v) is 3.01. The van der Waals surface area contributed by atoms with Gasteiger partial charge in [0, 0.05) is 12.6 Å². The summed E-state index contributed by atoms with van der Waals surface area (Å²) in [6.45, 7) is 1.30. The summed E-state index contributed by atoms with van der Waals surface area (Å²) in [6.07, 6.45) is 5.09. The van der Waals surface area contributed by atoms with Crippen molar-refractivity contribution in [2.75, 3.05) is 13.2 Å². The molecular formula is C9H14N4O. The highest BCUT2D eigenvalue weighted by Gasteiger charge is 2.39. The third-order valence-electron chi connectivity index (χ3n) is 3.01. The summed E-state index contributed by atoms with van der Waals surface area (Å²) in [6, 6.07) is 0.584. The van der Waals surface area contributed by atoms with E-state index in [4.69, 9.17) is 10.5 Å². The molecule has 5 heteroatoms. The molecule has 2 heterocycles. The Labute approximate surface area is 82.3 Å². The smallest absolute Gasteiger partial charge is 0.155 e. The van der Waals surface area contributed by atoms with E-state index in [1.165, 1.54) is 12.8 Å². The van der Waals surface area contributed by atoms with Crippen LogP contribution in [-0.4, -0.2) is 28.0 Å². The van der Waals surface area contributed by atoms with Gasteiger partial charge in [-0.1, -0.05) is 0 Å². The summed E-state index contributed by atoms with van der Waals surface area (Å²) in [5, 5.41) is 8.09. The van der Waals surface area contributed by atoms with Crippen LogP contribution in [0.15, 0.2) is 6.33 Å². The van der Waals surface area contributed by atoms with Crippen molar-refractivity contribution in [1.29, 1.82) is 0 Å². The van der Waals surface area contributed by atoms with Crippen LogP contribution in [0.1, 0.15) is 31.1 Å². The molecular weight excluding hydrogens is 180 g/mol. The predicted octanol–water partition coefficient (Wildman–Crippen LogP) is 0.187. The third kappa shape index (κ3) is 1.16. The number of aromatic nitrogens is 3. The number of ether oxygens (including phenoxy) is 1. The van der Waals surface area contributed by atoms with Gasteiger partial charge < -0.3 is 15.0 Å². The first-order valence-electron chi connectivity index (χ1n) is 5.06. The van der Waals surface area contributed by atoms with Gasteiger partial charge in [-0.05, 0) is 19.3 Å². The Morgan fingerprint density at radius 2 is 2.43 bits per heavy atom. The zero-order valence-electron chi connectivity index (χ0n) is 8.02. The van der Waals surface area contributed by atoms with E-state index in [1.807, 2.05) is 0 Å². The van der Waals surface area contributed by atoms with Crippen LogP contribution in [-0.2, 0) is 10.3 Å². The number of nitrogens with zero attached hydrogens (tertiary/aromatic N) is 3. The van der Waals surface area contributed by atoms with Gasteiger partial charge in [0.2, 0.25) is 0 Å². The van der Waals surface area contributed by atoms with E-state index in [-0.39, 0.29) is 0 Å². The highest BCUT2D eigenvalue weighted by molar-refractivity contribution is 5.10. The molecule has 2 aliphatic rings. The largest absolute Gasteiger partial charge is 0.379 e. The molecule has 0 amide bonds. The van der Waals surface area contributed by atoms with Gasteiger partial charge in [0.1, 0.15) is 11.9 Å². The molecule has 1 aliphatic heterocycles. The van der Waals surface area contributed by atoms with Crippen molar-refractivity contribution >= 4 is 0 Å². The van der Waals surface area contributed by atoms with Crippen molar-refractivity contribution in [3.8, 4) is 0 Å². The lowest BCUT2D eigenvalue weighted by molar-refractivity contribution is 0.175. The first-order chi connectivity index (χ1) is 6.80. The molecule has 1 aliphatic carbocycles. The molecule has 0 radical (unpaired) electrons. The molecule has 0 bridgehead atoms. The maximum Gasteiger partial charge on any atom is 0.155 e. The van der Waals surface area contributed by atoms with Crippen molar-refractivity contribution < 1.29 is 4.74 Å². The maximum atomic E-state index is 6.24. The first-order valence-corrected chi connectivity index (χ1v) is 5.06. The molecule has 0 aromatic carbocycles. The van der Waals surface area contributed by atoms with Crippen LogP contribution >= 0.6 is 0 Å². The van der Waals surface area contributed by atoms with Crippen LogP contribution in [0.5, 0.6) is 0 Å². The average Bonchev–Trinajstić information content (AvgIpc) is 2.75. The maximum absolute atomic E-state index is 6.24. The van der Waals surface area contributed by atoms with E-state index >= 15 is 0 Å². The fourth-order valence-electron chi connectivity index (χ4n) is 1.98. The highest BCUT2D eigenvalue weighted by atomic mass is 16.5. The summed E-state index contributed by atoms with van der Waals surface area (Å²) in [5.41, 5.74) is 5.84. The molecule has 1 saturated heterocycles. The van der Waals surface area contributed by atoms with Gasteiger partial charge in [0.25, 0.3) is 0 Å². The summed E-state index contributed by atoms with van der Waals surface area (Å²) in [4.78, 5) is 0. The molecule has 1 aromatic heterocycles. The Morgan fingerprint density at radius 1 is 1.57 bits per heavy atom. The predicted molar refractivity (Wildman–Crippen MR) is 49.6 cm³/mol. The summed E-state index contributed by atoms with van der Waals surface area (Å²) in [5.74, 6) is 0.900. The van der Waals surface area contributed by atoms with Crippen molar-refractivity contribution in [2.24, 2.45) is 5.73 Å². The van der Waals surface area contributed by atoms with Gasteiger partial charge in [-0.25, -0.2) is 0 Å². The lowest BCUT2D eigenvalue weighted by Crippen LogP contribution is -2.40. The monoisotopic (exact) mass is 194 g/mol. The first kappa shape index (κ1) is 8.38. The molecule has 1 saturated carbocycles. The van der Waals surface area contributed by atoms with E-state index < -0.39 is 5.54 Å². The fourth-order valence-corrected chi connectivity index (χ4v) is 1.98. The molecule has 1 aromatic rings. The Kier molecular flexibility index (Phi) is 1.66. The second-order valence-corrected chi connectivity index (χ2v) is 4.25. The SMILES string of the molecule is NC1(c2nncn2C2CC2)CCOC1. The second kappa shape index (κ2) is 2.77. The number of hydrogen-bond donors (Lipinski definition) is 1. The standard InChI is InChI=1S/C9H14N4O/c10-9(3-4-14-5-9)8-12-11-6-13(8)7-1-2-7/h6-7H,1-5,10H2. The molecule has 1 atom stereocenters. The van der Waals surface area contributed by atoms with Crippen LogP contribution in [0, 0.1) is 0 Å². The fraction of sp³-hybridized carbons (Fsp3) is 0.778. The number of hydrogen-bond acceptors (Lipinski definition) is 4. The molecule has 3 rings (SSSR count). The highest BCUT2D eigenvalue weighted by Crippen LogP contribution is 2.38. The topological polar surface area (TPSA) is 66.0 Å². The molecule has 2 fully saturated rings. The molecule has 2 N–H and O–H groups in total. The van der Waals surface area contributed by atoms with Crippen molar-refractivity contribution in [3.05, 3.63) is 12.2 Å². The summed E-state index contributed by atoms with van der Waals surface area (Å²) in [7, 11) is 0. The van der Waals surface area contributed by atoms with Gasteiger partial charge in [-0.3, -0.25) is 0 Å². The van der Waals surface area contributed by atoms with Crippen molar-refractivity contribution in [2.45, 2.75) is 30.8 Å². The lowest BCUT2D eigenvalue weighted by atomic mass is 9.99. The average molecular weight is 194 g/mol. The molecule has 5 nitrogen and oxygen atoms in total.